The molecule has 0 saturated carbocycles. The number of esters is 1. The van der Waals surface area contributed by atoms with Gasteiger partial charge in [-0.05, 0) is 36.6 Å². The van der Waals surface area contributed by atoms with Crippen LogP contribution in [0.5, 0.6) is 11.5 Å². The Morgan fingerprint density at radius 2 is 1.77 bits per heavy atom. The third-order valence-electron chi connectivity index (χ3n) is 4.70. The van der Waals surface area contributed by atoms with Gasteiger partial charge in [0, 0.05) is 17.5 Å². The van der Waals surface area contributed by atoms with Crippen LogP contribution < -0.4 is 9.47 Å². The number of ether oxygens (including phenoxy) is 3. The minimum atomic E-state index is -4.76. The van der Waals surface area contributed by atoms with E-state index in [2.05, 4.69) is 0 Å². The number of halogens is 3. The van der Waals surface area contributed by atoms with Crippen molar-refractivity contribution in [3.05, 3.63) is 64.7 Å². The molecule has 0 fully saturated rings. The molecule has 1 aliphatic heterocycles. The lowest BCUT2D eigenvalue weighted by Crippen LogP contribution is -2.40. The van der Waals surface area contributed by atoms with Crippen LogP contribution in [0.4, 0.5) is 13.2 Å². The normalized spacial score (nSPS) is 15.5. The van der Waals surface area contributed by atoms with Gasteiger partial charge in [-0.25, -0.2) is 4.79 Å². The lowest BCUT2D eigenvalue weighted by Gasteiger charge is -2.28. The van der Waals surface area contributed by atoms with E-state index in [1.165, 1.54) is 6.08 Å². The highest BCUT2D eigenvalue weighted by molar-refractivity contribution is 5.96. The average molecular weight is 434 g/mol. The predicted molar refractivity (Wildman–Crippen MR) is 111 cm³/mol. The highest BCUT2D eigenvalue weighted by Crippen LogP contribution is 2.41. The number of benzene rings is 2. The molecule has 1 atom stereocenters. The lowest BCUT2D eigenvalue weighted by molar-refractivity contribution is -0.188. The van der Waals surface area contributed by atoms with E-state index in [1.807, 2.05) is 37.3 Å². The Bertz CT molecular complexity index is 936. The topological polar surface area (TPSA) is 44.8 Å². The molecule has 31 heavy (non-hydrogen) atoms. The largest absolute Gasteiger partial charge is 0.493 e. The summed E-state index contributed by atoms with van der Waals surface area (Å²) in [5.74, 6) is -0.417. The van der Waals surface area contributed by atoms with E-state index in [0.29, 0.717) is 36.3 Å². The van der Waals surface area contributed by atoms with Crippen LogP contribution in [0.25, 0.3) is 6.08 Å². The first-order valence-corrected chi connectivity index (χ1v) is 10.3. The van der Waals surface area contributed by atoms with Crippen molar-refractivity contribution in [2.45, 2.75) is 45.4 Å². The standard InChI is InChI=1S/C24H25F3O4/c1-3-10-29-20-14-18-13-19(23(28)30-11-4-2)22(24(25,26)27)31-21(18)15-17(20)12-16-8-6-5-7-9-16/h5-9,13-15,22H,3-4,10-12H2,1-2H3. The van der Waals surface area contributed by atoms with Gasteiger partial charge in [0.25, 0.3) is 0 Å². The van der Waals surface area contributed by atoms with Gasteiger partial charge in [-0.2, -0.15) is 13.2 Å². The van der Waals surface area contributed by atoms with Crippen LogP contribution in [0.15, 0.2) is 48.0 Å². The van der Waals surface area contributed by atoms with Crippen molar-refractivity contribution in [1.82, 2.24) is 0 Å². The summed E-state index contributed by atoms with van der Waals surface area (Å²) in [4.78, 5) is 12.3. The summed E-state index contributed by atoms with van der Waals surface area (Å²) in [6, 6.07) is 12.8. The lowest BCUT2D eigenvalue weighted by atomic mass is 9.97. The van der Waals surface area contributed by atoms with Crippen LogP contribution in [-0.2, 0) is 16.0 Å². The molecule has 0 spiro atoms. The van der Waals surface area contributed by atoms with Crippen molar-refractivity contribution in [2.24, 2.45) is 0 Å². The molecule has 2 aromatic carbocycles. The van der Waals surface area contributed by atoms with Crippen molar-refractivity contribution in [1.29, 1.82) is 0 Å². The number of rotatable bonds is 8. The average Bonchev–Trinajstić information content (AvgIpc) is 2.75. The molecule has 4 nitrogen and oxygen atoms in total. The van der Waals surface area contributed by atoms with E-state index >= 15 is 0 Å². The molecule has 0 aliphatic carbocycles. The van der Waals surface area contributed by atoms with Crippen LogP contribution in [0.1, 0.15) is 43.4 Å². The molecule has 1 heterocycles. The minimum absolute atomic E-state index is 0.0362. The number of carbonyl (C=O) groups is 1. The van der Waals surface area contributed by atoms with Gasteiger partial charge in [-0.3, -0.25) is 0 Å². The number of hydrogen-bond donors (Lipinski definition) is 0. The first-order chi connectivity index (χ1) is 14.8. The molecule has 7 heteroatoms. The van der Waals surface area contributed by atoms with Gasteiger partial charge in [-0.1, -0.05) is 44.2 Å². The molecule has 0 radical (unpaired) electrons. The molecule has 0 N–H and O–H groups in total. The van der Waals surface area contributed by atoms with Crippen molar-refractivity contribution in [3.8, 4) is 11.5 Å². The second kappa shape index (κ2) is 9.90. The molecule has 1 unspecified atom stereocenters. The summed E-state index contributed by atoms with van der Waals surface area (Å²) in [5.41, 5.74) is 1.49. The fourth-order valence-corrected chi connectivity index (χ4v) is 3.25. The Hall–Kier alpha value is -2.96. The van der Waals surface area contributed by atoms with Crippen LogP contribution in [-0.4, -0.2) is 31.5 Å². The monoisotopic (exact) mass is 434 g/mol. The Kier molecular flexibility index (Phi) is 7.25. The third kappa shape index (κ3) is 5.60. The second-order valence-electron chi connectivity index (χ2n) is 7.28. The smallest absolute Gasteiger partial charge is 0.430 e. The van der Waals surface area contributed by atoms with Crippen molar-refractivity contribution >= 4 is 12.0 Å². The van der Waals surface area contributed by atoms with Crippen LogP contribution in [0.2, 0.25) is 0 Å². The maximum absolute atomic E-state index is 13.7. The fourth-order valence-electron chi connectivity index (χ4n) is 3.25. The Balaban J connectivity index is 2.03. The molecule has 0 saturated heterocycles. The van der Waals surface area contributed by atoms with Crippen molar-refractivity contribution in [2.75, 3.05) is 13.2 Å². The summed E-state index contributed by atoms with van der Waals surface area (Å²) in [7, 11) is 0. The van der Waals surface area contributed by atoms with Gasteiger partial charge < -0.3 is 14.2 Å². The van der Waals surface area contributed by atoms with Gasteiger partial charge in [0.2, 0.25) is 6.10 Å². The quantitative estimate of drug-likeness (QED) is 0.498. The summed E-state index contributed by atoms with van der Waals surface area (Å²) >= 11 is 0. The Morgan fingerprint density at radius 1 is 1.06 bits per heavy atom. The SMILES string of the molecule is CCCOC(=O)C1=Cc2cc(OCCC)c(Cc3ccccc3)cc2OC1C(F)(F)F. The third-order valence-corrected chi connectivity index (χ3v) is 4.70. The van der Waals surface area contributed by atoms with E-state index in [4.69, 9.17) is 14.2 Å². The van der Waals surface area contributed by atoms with Gasteiger partial charge in [-0.15, -0.1) is 0 Å². The predicted octanol–water partition coefficient (Wildman–Crippen LogP) is 5.73. The number of hydrogen-bond acceptors (Lipinski definition) is 4. The maximum atomic E-state index is 13.7. The molecular weight excluding hydrogens is 409 g/mol. The summed E-state index contributed by atoms with van der Waals surface area (Å²) in [5, 5.41) is 0. The summed E-state index contributed by atoms with van der Waals surface area (Å²) in [6.07, 6.45) is -4.19. The van der Waals surface area contributed by atoms with Gasteiger partial charge in [0.1, 0.15) is 11.5 Å². The first kappa shape index (κ1) is 22.7. The van der Waals surface area contributed by atoms with E-state index in [0.717, 1.165) is 12.0 Å². The second-order valence-corrected chi connectivity index (χ2v) is 7.28. The Morgan fingerprint density at radius 3 is 2.42 bits per heavy atom. The highest BCUT2D eigenvalue weighted by Gasteiger charge is 2.49. The van der Waals surface area contributed by atoms with Gasteiger partial charge in [0.05, 0.1) is 18.8 Å². The zero-order chi connectivity index (χ0) is 22.4. The van der Waals surface area contributed by atoms with E-state index in [9.17, 15) is 18.0 Å². The summed E-state index contributed by atoms with van der Waals surface area (Å²) in [6.45, 7) is 4.23. The minimum Gasteiger partial charge on any atom is -0.493 e. The van der Waals surface area contributed by atoms with Crippen LogP contribution >= 0.6 is 0 Å². The summed E-state index contributed by atoms with van der Waals surface area (Å²) < 4.78 is 57.1. The number of alkyl halides is 3. The molecule has 2 aromatic rings. The molecule has 0 bridgehead atoms. The molecule has 0 amide bonds. The van der Waals surface area contributed by atoms with E-state index in [-0.39, 0.29) is 12.4 Å². The highest BCUT2D eigenvalue weighted by atomic mass is 19.4. The van der Waals surface area contributed by atoms with Crippen LogP contribution in [0.3, 0.4) is 0 Å². The Labute approximate surface area is 179 Å². The zero-order valence-electron chi connectivity index (χ0n) is 17.5. The van der Waals surface area contributed by atoms with E-state index < -0.39 is 23.8 Å². The van der Waals surface area contributed by atoms with Crippen molar-refractivity contribution in [3.63, 3.8) is 0 Å². The molecule has 3 rings (SSSR count). The van der Waals surface area contributed by atoms with Crippen LogP contribution in [0, 0.1) is 0 Å². The van der Waals surface area contributed by atoms with Gasteiger partial charge in [0.15, 0.2) is 0 Å². The van der Waals surface area contributed by atoms with E-state index in [1.54, 1.807) is 19.1 Å². The first-order valence-electron chi connectivity index (χ1n) is 10.3. The molecule has 166 valence electrons. The zero-order valence-corrected chi connectivity index (χ0v) is 17.5. The molecule has 1 aliphatic rings. The fraction of sp³-hybridized carbons (Fsp3) is 0.375. The molecular formula is C24H25F3O4. The maximum Gasteiger partial charge on any atom is 0.430 e. The number of carbonyl (C=O) groups excluding carboxylic acids is 1. The number of fused-ring (bicyclic) bond motifs is 1. The van der Waals surface area contributed by atoms with Crippen molar-refractivity contribution < 1.29 is 32.2 Å². The van der Waals surface area contributed by atoms with Gasteiger partial charge >= 0.3 is 12.1 Å². The molecule has 0 aromatic heterocycles.